The zero-order chi connectivity index (χ0) is 13.3. The van der Waals surface area contributed by atoms with Gasteiger partial charge in [0.05, 0.1) is 5.69 Å². The highest BCUT2D eigenvalue weighted by atomic mass is 79.9. The van der Waals surface area contributed by atoms with E-state index in [-0.39, 0.29) is 0 Å². The summed E-state index contributed by atoms with van der Waals surface area (Å²) in [6.45, 7) is 7.00. The molecular formula is C14H17BrN2S. The second-order valence-electron chi connectivity index (χ2n) is 4.56. The van der Waals surface area contributed by atoms with E-state index in [1.54, 1.807) is 11.3 Å². The van der Waals surface area contributed by atoms with Crippen LogP contribution in [0.3, 0.4) is 0 Å². The third-order valence-corrected chi connectivity index (χ3v) is 4.98. The maximum absolute atomic E-state index is 5.75. The highest BCUT2D eigenvalue weighted by Gasteiger charge is 2.15. The molecule has 4 heteroatoms. The van der Waals surface area contributed by atoms with E-state index in [1.807, 2.05) is 0 Å². The van der Waals surface area contributed by atoms with Crippen molar-refractivity contribution in [3.8, 4) is 10.6 Å². The number of nitrogens with two attached hydrogens (primary N) is 1. The maximum Gasteiger partial charge on any atom is 0.124 e. The van der Waals surface area contributed by atoms with Gasteiger partial charge in [0.1, 0.15) is 5.01 Å². The molecule has 0 amide bonds. The van der Waals surface area contributed by atoms with E-state index in [0.717, 1.165) is 15.2 Å². The monoisotopic (exact) mass is 324 g/mol. The van der Waals surface area contributed by atoms with Gasteiger partial charge in [-0.05, 0) is 38.1 Å². The van der Waals surface area contributed by atoms with Gasteiger partial charge in [0.25, 0.3) is 0 Å². The summed E-state index contributed by atoms with van der Waals surface area (Å²) >= 11 is 5.27. The summed E-state index contributed by atoms with van der Waals surface area (Å²) in [6.07, 6.45) is 0. The summed E-state index contributed by atoms with van der Waals surface area (Å²) in [5, 5.41) is 1.08. The molecule has 0 fully saturated rings. The lowest BCUT2D eigenvalue weighted by atomic mass is 10.1. The minimum atomic E-state index is 0.378. The topological polar surface area (TPSA) is 38.9 Å². The van der Waals surface area contributed by atoms with Crippen molar-refractivity contribution in [2.24, 2.45) is 5.73 Å². The molecule has 1 unspecified atom stereocenters. The average molecular weight is 325 g/mol. The van der Waals surface area contributed by atoms with Crippen molar-refractivity contribution in [3.05, 3.63) is 38.8 Å². The van der Waals surface area contributed by atoms with Crippen LogP contribution in [-0.4, -0.2) is 11.5 Å². The van der Waals surface area contributed by atoms with Gasteiger partial charge in [-0.3, -0.25) is 0 Å². The third-order valence-electron chi connectivity index (χ3n) is 3.06. The normalized spacial score (nSPS) is 12.7. The van der Waals surface area contributed by atoms with Crippen molar-refractivity contribution in [2.45, 2.75) is 26.7 Å². The van der Waals surface area contributed by atoms with Gasteiger partial charge < -0.3 is 5.73 Å². The molecule has 1 heterocycles. The molecule has 0 aliphatic heterocycles. The Morgan fingerprint density at radius 1 is 1.39 bits per heavy atom. The molecule has 96 valence electrons. The lowest BCUT2D eigenvalue weighted by molar-refractivity contribution is 0.780. The third kappa shape index (κ3) is 2.66. The van der Waals surface area contributed by atoms with E-state index in [0.29, 0.717) is 12.5 Å². The summed E-state index contributed by atoms with van der Waals surface area (Å²) in [4.78, 5) is 5.99. The Kier molecular flexibility index (Phi) is 4.20. The van der Waals surface area contributed by atoms with Gasteiger partial charge in [-0.15, -0.1) is 11.3 Å². The molecule has 0 aliphatic rings. The van der Waals surface area contributed by atoms with Gasteiger partial charge in [-0.25, -0.2) is 4.98 Å². The van der Waals surface area contributed by atoms with E-state index >= 15 is 0 Å². The second kappa shape index (κ2) is 5.51. The highest BCUT2D eigenvalue weighted by molar-refractivity contribution is 9.10. The number of nitrogens with zero attached hydrogens (tertiary/aromatic N) is 1. The Balaban J connectivity index is 2.49. The Morgan fingerprint density at radius 2 is 2.11 bits per heavy atom. The van der Waals surface area contributed by atoms with Crippen LogP contribution in [0.25, 0.3) is 10.6 Å². The minimum Gasteiger partial charge on any atom is -0.330 e. The molecule has 1 aromatic heterocycles. The van der Waals surface area contributed by atoms with Crippen molar-refractivity contribution in [3.63, 3.8) is 0 Å². The number of aromatic nitrogens is 1. The van der Waals surface area contributed by atoms with E-state index in [2.05, 4.69) is 54.9 Å². The fourth-order valence-corrected chi connectivity index (χ4v) is 3.48. The predicted molar refractivity (Wildman–Crippen MR) is 82.2 cm³/mol. The first-order valence-electron chi connectivity index (χ1n) is 5.96. The Morgan fingerprint density at radius 3 is 2.78 bits per heavy atom. The van der Waals surface area contributed by atoms with Gasteiger partial charge >= 0.3 is 0 Å². The first-order valence-corrected chi connectivity index (χ1v) is 7.57. The molecule has 1 atom stereocenters. The number of benzene rings is 1. The van der Waals surface area contributed by atoms with Gasteiger partial charge in [-0.1, -0.05) is 28.9 Å². The molecule has 2 N–H and O–H groups in total. The summed E-state index contributed by atoms with van der Waals surface area (Å²) in [6, 6.07) is 6.30. The zero-order valence-electron chi connectivity index (χ0n) is 10.8. The molecule has 2 nitrogen and oxygen atoms in total. The Hall–Kier alpha value is -0.710. The summed E-state index contributed by atoms with van der Waals surface area (Å²) in [7, 11) is 0. The quantitative estimate of drug-likeness (QED) is 0.916. The van der Waals surface area contributed by atoms with Crippen molar-refractivity contribution in [1.82, 2.24) is 4.98 Å². The molecule has 2 aromatic rings. The van der Waals surface area contributed by atoms with Gasteiger partial charge in [0.2, 0.25) is 0 Å². The number of rotatable bonds is 3. The average Bonchev–Trinajstić information content (AvgIpc) is 2.73. The first-order chi connectivity index (χ1) is 8.52. The van der Waals surface area contributed by atoms with E-state index < -0.39 is 0 Å². The fourth-order valence-electron chi connectivity index (χ4n) is 1.91. The molecule has 0 saturated carbocycles. The SMILES string of the molecule is Cc1ccc(Br)cc1-c1nc(C)c(C(C)CN)s1. The zero-order valence-corrected chi connectivity index (χ0v) is 13.2. The largest absolute Gasteiger partial charge is 0.330 e. The predicted octanol–water partition coefficient (Wildman–Crippen LogP) is 4.25. The van der Waals surface area contributed by atoms with E-state index in [4.69, 9.17) is 10.7 Å². The van der Waals surface area contributed by atoms with Crippen LogP contribution in [0.2, 0.25) is 0 Å². The van der Waals surface area contributed by atoms with E-state index in [1.165, 1.54) is 16.0 Å². The molecule has 18 heavy (non-hydrogen) atoms. The van der Waals surface area contributed by atoms with Crippen LogP contribution in [0.4, 0.5) is 0 Å². The van der Waals surface area contributed by atoms with Gasteiger partial charge in [-0.2, -0.15) is 0 Å². The van der Waals surface area contributed by atoms with Gasteiger partial charge in [0, 0.05) is 20.8 Å². The summed E-state index contributed by atoms with van der Waals surface area (Å²) in [5.74, 6) is 0.378. The number of aryl methyl sites for hydroxylation is 2. The van der Waals surface area contributed by atoms with Crippen LogP contribution >= 0.6 is 27.3 Å². The van der Waals surface area contributed by atoms with Crippen molar-refractivity contribution in [2.75, 3.05) is 6.54 Å². The van der Waals surface area contributed by atoms with E-state index in [9.17, 15) is 0 Å². The number of halogens is 1. The first kappa shape index (κ1) is 13.7. The van der Waals surface area contributed by atoms with Crippen LogP contribution in [-0.2, 0) is 0 Å². The van der Waals surface area contributed by atoms with Crippen LogP contribution in [0.5, 0.6) is 0 Å². The highest BCUT2D eigenvalue weighted by Crippen LogP contribution is 2.34. The van der Waals surface area contributed by atoms with Crippen LogP contribution in [0, 0.1) is 13.8 Å². The van der Waals surface area contributed by atoms with Crippen molar-refractivity contribution in [1.29, 1.82) is 0 Å². The summed E-state index contributed by atoms with van der Waals surface area (Å²) < 4.78 is 1.09. The lowest BCUT2D eigenvalue weighted by Crippen LogP contribution is -2.08. The minimum absolute atomic E-state index is 0.378. The smallest absolute Gasteiger partial charge is 0.124 e. The molecular weight excluding hydrogens is 308 g/mol. The molecule has 0 bridgehead atoms. The fraction of sp³-hybridized carbons (Fsp3) is 0.357. The molecule has 1 aromatic carbocycles. The van der Waals surface area contributed by atoms with Crippen LogP contribution in [0.1, 0.15) is 29.0 Å². The Bertz CT molecular complexity index is 563. The number of hydrogen-bond acceptors (Lipinski definition) is 3. The second-order valence-corrected chi connectivity index (χ2v) is 6.51. The van der Waals surface area contributed by atoms with Crippen molar-refractivity contribution >= 4 is 27.3 Å². The molecule has 2 rings (SSSR count). The number of thiazole rings is 1. The molecule has 0 saturated heterocycles. The van der Waals surface area contributed by atoms with Crippen molar-refractivity contribution < 1.29 is 0 Å². The van der Waals surface area contributed by atoms with Gasteiger partial charge in [0.15, 0.2) is 0 Å². The Labute approximate surface area is 120 Å². The maximum atomic E-state index is 5.75. The molecule has 0 spiro atoms. The molecule has 0 aliphatic carbocycles. The standard InChI is InChI=1S/C14H17BrN2S/c1-8-4-5-11(15)6-12(8)14-17-10(3)13(18-14)9(2)7-16/h4-6,9H,7,16H2,1-3H3. The molecule has 0 radical (unpaired) electrons. The van der Waals surface area contributed by atoms with Crippen LogP contribution in [0.15, 0.2) is 22.7 Å². The van der Waals surface area contributed by atoms with Crippen LogP contribution < -0.4 is 5.73 Å². The lowest BCUT2D eigenvalue weighted by Gasteiger charge is -2.05. The summed E-state index contributed by atoms with van der Waals surface area (Å²) in [5.41, 5.74) is 9.30. The number of hydrogen-bond donors (Lipinski definition) is 1.